The molecule has 0 radical (unpaired) electrons. The summed E-state index contributed by atoms with van der Waals surface area (Å²) in [4.78, 5) is 0. The number of hydrogen-bond donors (Lipinski definition) is 1. The molecule has 1 aliphatic carbocycles. The van der Waals surface area contributed by atoms with Gasteiger partial charge in [0.1, 0.15) is 10.5 Å². The van der Waals surface area contributed by atoms with Gasteiger partial charge >= 0.3 is 0 Å². The van der Waals surface area contributed by atoms with Gasteiger partial charge in [0.25, 0.3) is 0 Å². The van der Waals surface area contributed by atoms with Crippen molar-refractivity contribution < 1.29 is 4.43 Å². The molecule has 1 aliphatic rings. The van der Waals surface area contributed by atoms with Gasteiger partial charge in [0.2, 0.25) is 0 Å². The quantitative estimate of drug-likeness (QED) is 0.558. The minimum Gasteiger partial charge on any atom is -0.423 e. The van der Waals surface area contributed by atoms with Gasteiger partial charge in [-0.15, -0.1) is 0 Å². The lowest BCUT2D eigenvalue weighted by atomic mass is 10.2. The van der Waals surface area contributed by atoms with Crippen LogP contribution in [0.2, 0.25) is 0 Å². The molecule has 92 valence electrons. The third-order valence-corrected chi connectivity index (χ3v) is 2.99. The predicted molar refractivity (Wildman–Crippen MR) is 75.5 cm³/mol. The number of anilines is 1. The molecular weight excluding hydrogens is 214 g/mol. The second kappa shape index (κ2) is 8.36. The highest BCUT2D eigenvalue weighted by molar-refractivity contribution is 5.98. The van der Waals surface area contributed by atoms with Crippen molar-refractivity contribution in [3.05, 3.63) is 30.3 Å². The van der Waals surface area contributed by atoms with Crippen molar-refractivity contribution in [3.63, 3.8) is 0 Å². The Balaban J connectivity index is 0.000000226. The molecule has 1 aromatic carbocycles. The van der Waals surface area contributed by atoms with E-state index < -0.39 is 0 Å². The van der Waals surface area contributed by atoms with E-state index in [0.717, 1.165) is 16.2 Å². The first kappa shape index (κ1) is 15.2. The van der Waals surface area contributed by atoms with Gasteiger partial charge in [-0.2, -0.15) is 0 Å². The monoisotopic (exact) mass is 239 g/mol. The van der Waals surface area contributed by atoms with Gasteiger partial charge in [-0.25, -0.2) is 0 Å². The molecule has 3 heteroatoms. The van der Waals surface area contributed by atoms with E-state index in [0.29, 0.717) is 0 Å². The molecule has 0 heterocycles. The van der Waals surface area contributed by atoms with Crippen molar-refractivity contribution in [3.8, 4) is 0 Å². The smallest absolute Gasteiger partial charge is 0.146 e. The fraction of sp³-hybridized carbons (Fsp3) is 0.538. The molecule has 0 aromatic heterocycles. The average Bonchev–Trinajstić information content (AvgIpc) is 3.05. The van der Waals surface area contributed by atoms with E-state index in [1.54, 1.807) is 0 Å². The van der Waals surface area contributed by atoms with E-state index in [1.807, 2.05) is 30.3 Å². The summed E-state index contributed by atoms with van der Waals surface area (Å²) >= 11 is 0. The summed E-state index contributed by atoms with van der Waals surface area (Å²) in [5.74, 6) is 0. The molecule has 0 spiro atoms. The summed E-state index contributed by atoms with van der Waals surface area (Å²) in [6.07, 6.45) is 4.50. The van der Waals surface area contributed by atoms with Crippen molar-refractivity contribution in [2.45, 2.75) is 45.6 Å². The van der Waals surface area contributed by atoms with E-state index in [-0.39, 0.29) is 5.60 Å². The number of rotatable bonds is 0. The zero-order valence-corrected chi connectivity index (χ0v) is 13.0. The van der Waals surface area contributed by atoms with Crippen molar-refractivity contribution in [2.24, 2.45) is 0 Å². The maximum Gasteiger partial charge on any atom is 0.146 e. The van der Waals surface area contributed by atoms with E-state index in [1.165, 1.54) is 19.3 Å². The molecule has 0 unspecified atom stereocenters. The largest absolute Gasteiger partial charge is 0.423 e. The van der Waals surface area contributed by atoms with E-state index in [2.05, 4.69) is 20.8 Å². The van der Waals surface area contributed by atoms with Crippen molar-refractivity contribution >= 4 is 16.2 Å². The number of para-hydroxylation sites is 1. The summed E-state index contributed by atoms with van der Waals surface area (Å²) in [5, 5.41) is 0. The maximum absolute atomic E-state index is 5.36. The fourth-order valence-electron chi connectivity index (χ4n) is 0.453. The summed E-state index contributed by atoms with van der Waals surface area (Å²) < 4.78 is 5.08. The molecule has 16 heavy (non-hydrogen) atoms. The van der Waals surface area contributed by atoms with Gasteiger partial charge in [-0.1, -0.05) is 37.5 Å². The number of nitrogen functional groups attached to an aromatic ring is 1. The first-order valence-electron chi connectivity index (χ1n) is 5.81. The highest BCUT2D eigenvalue weighted by Gasteiger charge is 2.03. The summed E-state index contributed by atoms with van der Waals surface area (Å²) in [5.41, 5.74) is 6.28. The summed E-state index contributed by atoms with van der Waals surface area (Å²) in [6, 6.07) is 9.49. The Morgan fingerprint density at radius 3 is 1.56 bits per heavy atom. The predicted octanol–water partition coefficient (Wildman–Crippen LogP) is 2.52. The van der Waals surface area contributed by atoms with Gasteiger partial charge in [0.05, 0.1) is 0 Å². The number of nitrogens with two attached hydrogens (primary N) is 1. The molecule has 0 aliphatic heterocycles. The molecule has 1 aromatic rings. The van der Waals surface area contributed by atoms with Crippen molar-refractivity contribution in [1.82, 2.24) is 0 Å². The molecular formula is C13H25NOSi. The summed E-state index contributed by atoms with van der Waals surface area (Å²) in [7, 11) is 0.848. The van der Waals surface area contributed by atoms with Crippen LogP contribution in [0, 0.1) is 0 Å². The van der Waals surface area contributed by atoms with Gasteiger partial charge < -0.3 is 10.2 Å². The first-order chi connectivity index (χ1) is 7.45. The average molecular weight is 239 g/mol. The van der Waals surface area contributed by atoms with Crippen LogP contribution >= 0.6 is 0 Å². The Morgan fingerprint density at radius 1 is 1.06 bits per heavy atom. The topological polar surface area (TPSA) is 35.2 Å². The Labute approximate surface area is 103 Å². The van der Waals surface area contributed by atoms with Crippen LogP contribution in [0.1, 0.15) is 40.0 Å². The van der Waals surface area contributed by atoms with Crippen molar-refractivity contribution in [2.75, 3.05) is 5.73 Å². The Bertz CT molecular complexity index is 252. The number of hydrogen-bond acceptors (Lipinski definition) is 2. The van der Waals surface area contributed by atoms with Crippen LogP contribution in [0.15, 0.2) is 30.3 Å². The normalized spacial score (nSPS) is 12.9. The Kier molecular flexibility index (Phi) is 7.94. The van der Waals surface area contributed by atoms with Crippen LogP contribution < -0.4 is 5.73 Å². The molecule has 0 saturated heterocycles. The van der Waals surface area contributed by atoms with Gasteiger partial charge in [-0.3, -0.25) is 0 Å². The second-order valence-corrected chi connectivity index (χ2v) is 5.20. The van der Waals surface area contributed by atoms with Gasteiger partial charge in [0, 0.05) is 11.3 Å². The van der Waals surface area contributed by atoms with E-state index in [9.17, 15) is 0 Å². The van der Waals surface area contributed by atoms with Gasteiger partial charge in [0.15, 0.2) is 0 Å². The molecule has 1 saturated carbocycles. The zero-order valence-electron chi connectivity index (χ0n) is 11.0. The zero-order chi connectivity index (χ0) is 12.4. The van der Waals surface area contributed by atoms with Crippen LogP contribution in [0.3, 0.4) is 0 Å². The summed E-state index contributed by atoms with van der Waals surface area (Å²) in [6.45, 7) is 6.17. The lowest BCUT2D eigenvalue weighted by molar-refractivity contribution is 0.147. The second-order valence-electron chi connectivity index (χ2n) is 4.79. The molecule has 2 N–H and O–H groups in total. The van der Waals surface area contributed by atoms with Crippen LogP contribution in [0.25, 0.3) is 0 Å². The van der Waals surface area contributed by atoms with Crippen LogP contribution in [-0.2, 0) is 4.43 Å². The van der Waals surface area contributed by atoms with E-state index in [4.69, 9.17) is 10.2 Å². The van der Waals surface area contributed by atoms with E-state index >= 15 is 0 Å². The van der Waals surface area contributed by atoms with Crippen LogP contribution in [0.5, 0.6) is 0 Å². The van der Waals surface area contributed by atoms with Crippen molar-refractivity contribution in [1.29, 1.82) is 0 Å². The Hall–Kier alpha value is -0.803. The highest BCUT2D eigenvalue weighted by atomic mass is 28.2. The molecule has 2 rings (SSSR count). The van der Waals surface area contributed by atoms with Crippen LogP contribution in [0.4, 0.5) is 5.69 Å². The lowest BCUT2D eigenvalue weighted by Crippen LogP contribution is -2.16. The molecule has 0 bridgehead atoms. The Morgan fingerprint density at radius 2 is 1.44 bits per heavy atom. The molecule has 0 atom stereocenters. The van der Waals surface area contributed by atoms with Crippen LogP contribution in [-0.4, -0.2) is 16.1 Å². The third-order valence-electron chi connectivity index (χ3n) is 1.77. The fourth-order valence-corrected chi connectivity index (χ4v) is 0.453. The molecule has 1 fully saturated rings. The number of benzene rings is 1. The molecule has 0 amide bonds. The standard InChI is InChI=1S/C6H7N.C4H12OSi.C3H6/c7-6-4-2-1-3-5-6;1-4(2,3)5-6;1-2-3-1/h1-5H,7H2;1-3,6H3;1-3H2. The third kappa shape index (κ3) is 15.7. The minimum absolute atomic E-state index is 0.103. The van der Waals surface area contributed by atoms with Gasteiger partial charge in [-0.05, 0) is 32.9 Å². The highest BCUT2D eigenvalue weighted by Crippen LogP contribution is 2.14. The maximum atomic E-state index is 5.36. The lowest BCUT2D eigenvalue weighted by Gasteiger charge is -2.15. The SMILES string of the molecule is C1CC1.CC(C)(C)O[SiH3].Nc1ccccc1. The molecule has 2 nitrogen and oxygen atoms in total. The first-order valence-corrected chi connectivity index (χ1v) is 6.63. The minimum atomic E-state index is 0.103.